The molecule has 1 fully saturated rings. The third-order valence-electron chi connectivity index (χ3n) is 3.23. The van der Waals surface area contributed by atoms with E-state index in [0.29, 0.717) is 25.0 Å². The molecule has 0 spiro atoms. The Labute approximate surface area is 98.2 Å². The fraction of sp³-hybridized carbons (Fsp3) is 0.917. The van der Waals surface area contributed by atoms with Gasteiger partial charge in [-0.15, -0.1) is 0 Å². The molecule has 0 aromatic rings. The second-order valence-electron chi connectivity index (χ2n) is 5.44. The zero-order valence-corrected chi connectivity index (χ0v) is 10.8. The summed E-state index contributed by atoms with van der Waals surface area (Å²) in [7, 11) is 2.01. The number of rotatable bonds is 3. The largest absolute Gasteiger partial charge is 0.481 e. The summed E-state index contributed by atoms with van der Waals surface area (Å²) in [4.78, 5) is 15.6. The second kappa shape index (κ2) is 5.64. The van der Waals surface area contributed by atoms with Crippen LogP contribution in [0.1, 0.15) is 20.8 Å². The molecule has 2 atom stereocenters. The highest BCUT2D eigenvalue weighted by Gasteiger charge is 2.29. The minimum Gasteiger partial charge on any atom is -0.481 e. The van der Waals surface area contributed by atoms with Crippen molar-refractivity contribution in [3.05, 3.63) is 0 Å². The maximum atomic E-state index is 11.1. The molecule has 94 valence electrons. The normalized spacial score (nSPS) is 29.3. The molecule has 0 saturated carbocycles. The van der Waals surface area contributed by atoms with Gasteiger partial charge in [-0.3, -0.25) is 4.79 Å². The number of carbonyl (C=O) groups is 1. The van der Waals surface area contributed by atoms with Crippen molar-refractivity contribution < 1.29 is 9.90 Å². The number of carboxylic acids is 1. The molecular formula is C12H24N2O2. The molecule has 0 aromatic heterocycles. The quantitative estimate of drug-likeness (QED) is 0.782. The average Bonchev–Trinajstić information content (AvgIpc) is 2.26. The molecule has 0 aromatic carbocycles. The smallest absolute Gasteiger partial charge is 0.309 e. The summed E-state index contributed by atoms with van der Waals surface area (Å²) in [6.07, 6.45) is 0. The van der Waals surface area contributed by atoms with E-state index in [1.807, 2.05) is 7.05 Å². The van der Waals surface area contributed by atoms with Gasteiger partial charge in [-0.2, -0.15) is 0 Å². The fourth-order valence-corrected chi connectivity index (χ4v) is 2.31. The Morgan fingerprint density at radius 3 is 2.50 bits per heavy atom. The average molecular weight is 228 g/mol. The van der Waals surface area contributed by atoms with Crippen LogP contribution >= 0.6 is 0 Å². The zero-order chi connectivity index (χ0) is 12.3. The number of hydrogen-bond donors (Lipinski definition) is 1. The van der Waals surface area contributed by atoms with E-state index >= 15 is 0 Å². The fourth-order valence-electron chi connectivity index (χ4n) is 2.31. The van der Waals surface area contributed by atoms with Crippen molar-refractivity contribution in [2.45, 2.75) is 26.8 Å². The molecule has 16 heavy (non-hydrogen) atoms. The highest BCUT2D eigenvalue weighted by molar-refractivity contribution is 5.70. The van der Waals surface area contributed by atoms with Crippen LogP contribution in [0.25, 0.3) is 0 Å². The monoisotopic (exact) mass is 228 g/mol. The Morgan fingerprint density at radius 2 is 2.00 bits per heavy atom. The lowest BCUT2D eigenvalue weighted by Gasteiger charge is -2.26. The summed E-state index contributed by atoms with van der Waals surface area (Å²) in [5, 5.41) is 9.17. The Morgan fingerprint density at radius 1 is 1.38 bits per heavy atom. The Kier molecular flexibility index (Phi) is 4.74. The van der Waals surface area contributed by atoms with Crippen molar-refractivity contribution in [1.82, 2.24) is 9.80 Å². The molecule has 4 nitrogen and oxygen atoms in total. The molecule has 0 bridgehead atoms. The molecular weight excluding hydrogens is 204 g/mol. The highest BCUT2D eigenvalue weighted by atomic mass is 16.4. The van der Waals surface area contributed by atoms with Crippen LogP contribution in [-0.4, -0.2) is 60.1 Å². The third-order valence-corrected chi connectivity index (χ3v) is 3.23. The summed E-state index contributed by atoms with van der Waals surface area (Å²) in [5.74, 6) is -0.339. The van der Waals surface area contributed by atoms with Gasteiger partial charge in [-0.05, 0) is 19.9 Å². The van der Waals surface area contributed by atoms with Gasteiger partial charge in [0.25, 0.3) is 0 Å². The van der Waals surface area contributed by atoms with Gasteiger partial charge in [0.15, 0.2) is 0 Å². The standard InChI is InChI=1S/C12H24N2O2/c1-9(2)5-14-6-10(3)13(4)7-11(8-14)12(15)16/h9-11H,5-8H2,1-4H3,(H,15,16). The molecule has 0 amide bonds. The van der Waals surface area contributed by atoms with Crippen molar-refractivity contribution in [2.75, 3.05) is 33.2 Å². The van der Waals surface area contributed by atoms with E-state index in [-0.39, 0.29) is 5.92 Å². The van der Waals surface area contributed by atoms with Crippen molar-refractivity contribution in [3.63, 3.8) is 0 Å². The van der Waals surface area contributed by atoms with E-state index in [9.17, 15) is 4.79 Å². The minimum atomic E-state index is -0.672. The summed E-state index contributed by atoms with van der Waals surface area (Å²) in [5.41, 5.74) is 0. The van der Waals surface area contributed by atoms with Crippen LogP contribution in [0.4, 0.5) is 0 Å². The second-order valence-corrected chi connectivity index (χ2v) is 5.44. The van der Waals surface area contributed by atoms with E-state index in [1.165, 1.54) is 0 Å². The molecule has 1 heterocycles. The van der Waals surface area contributed by atoms with Gasteiger partial charge in [-0.25, -0.2) is 0 Å². The highest BCUT2D eigenvalue weighted by Crippen LogP contribution is 2.14. The Bertz CT molecular complexity index is 243. The number of likely N-dealkylation sites (N-methyl/N-ethyl adjacent to an activating group) is 1. The van der Waals surface area contributed by atoms with Crippen molar-refractivity contribution in [2.24, 2.45) is 11.8 Å². The molecule has 1 N–H and O–H groups in total. The first kappa shape index (κ1) is 13.5. The van der Waals surface area contributed by atoms with Gasteiger partial charge in [0.2, 0.25) is 0 Å². The molecule has 1 saturated heterocycles. The third kappa shape index (κ3) is 3.76. The summed E-state index contributed by atoms with van der Waals surface area (Å²) in [6, 6.07) is 0.433. The molecule has 1 aliphatic rings. The van der Waals surface area contributed by atoms with Crippen molar-refractivity contribution >= 4 is 5.97 Å². The van der Waals surface area contributed by atoms with E-state index < -0.39 is 5.97 Å². The van der Waals surface area contributed by atoms with Crippen LogP contribution < -0.4 is 0 Å². The van der Waals surface area contributed by atoms with Gasteiger partial charge < -0.3 is 14.9 Å². The van der Waals surface area contributed by atoms with Crippen LogP contribution in [0.3, 0.4) is 0 Å². The molecule has 0 radical (unpaired) electrons. The Balaban J connectivity index is 2.68. The molecule has 0 aliphatic carbocycles. The summed E-state index contributed by atoms with van der Waals surface area (Å²) >= 11 is 0. The summed E-state index contributed by atoms with van der Waals surface area (Å²) in [6.45, 7) is 9.81. The maximum Gasteiger partial charge on any atom is 0.309 e. The van der Waals surface area contributed by atoms with Crippen LogP contribution in [-0.2, 0) is 4.79 Å². The van der Waals surface area contributed by atoms with E-state index in [1.54, 1.807) is 0 Å². The van der Waals surface area contributed by atoms with Crippen molar-refractivity contribution in [1.29, 1.82) is 0 Å². The van der Waals surface area contributed by atoms with Crippen LogP contribution in [0.5, 0.6) is 0 Å². The first-order chi connectivity index (χ1) is 7.40. The number of carboxylic acid groups (broad SMARTS) is 1. The maximum absolute atomic E-state index is 11.1. The lowest BCUT2D eigenvalue weighted by molar-refractivity contribution is -0.142. The van der Waals surface area contributed by atoms with Crippen molar-refractivity contribution in [3.8, 4) is 0 Å². The van der Waals surface area contributed by atoms with E-state index in [4.69, 9.17) is 5.11 Å². The lowest BCUT2D eigenvalue weighted by atomic mass is 10.1. The van der Waals surface area contributed by atoms with Gasteiger partial charge in [0.05, 0.1) is 5.92 Å². The predicted molar refractivity (Wildman–Crippen MR) is 64.5 cm³/mol. The molecule has 4 heteroatoms. The van der Waals surface area contributed by atoms with Crippen LogP contribution in [0, 0.1) is 11.8 Å². The number of nitrogens with zero attached hydrogens (tertiary/aromatic N) is 2. The molecule has 2 unspecified atom stereocenters. The predicted octanol–water partition coefficient (Wildman–Crippen LogP) is 0.979. The van der Waals surface area contributed by atoms with Gasteiger partial charge in [0.1, 0.15) is 0 Å². The first-order valence-electron chi connectivity index (χ1n) is 6.05. The number of hydrogen-bond acceptors (Lipinski definition) is 3. The van der Waals surface area contributed by atoms with Crippen LogP contribution in [0.2, 0.25) is 0 Å². The zero-order valence-electron chi connectivity index (χ0n) is 10.8. The molecule has 1 aliphatic heterocycles. The topological polar surface area (TPSA) is 43.8 Å². The number of aliphatic carboxylic acids is 1. The van der Waals surface area contributed by atoms with Crippen LogP contribution in [0.15, 0.2) is 0 Å². The van der Waals surface area contributed by atoms with Gasteiger partial charge in [0, 0.05) is 32.2 Å². The minimum absolute atomic E-state index is 0.256. The van der Waals surface area contributed by atoms with E-state index in [2.05, 4.69) is 30.6 Å². The summed E-state index contributed by atoms with van der Waals surface area (Å²) < 4.78 is 0. The first-order valence-corrected chi connectivity index (χ1v) is 6.05. The van der Waals surface area contributed by atoms with Gasteiger partial charge in [-0.1, -0.05) is 13.8 Å². The Hall–Kier alpha value is -0.610. The molecule has 1 rings (SSSR count). The van der Waals surface area contributed by atoms with Gasteiger partial charge >= 0.3 is 5.97 Å². The van der Waals surface area contributed by atoms with E-state index in [0.717, 1.165) is 13.1 Å². The SMILES string of the molecule is CC(C)CN1CC(C(=O)O)CN(C)C(C)C1. The lowest BCUT2D eigenvalue weighted by Crippen LogP contribution is -2.38.